The molecule has 3 aromatic rings. The molecule has 1 atom stereocenters. The van der Waals surface area contributed by atoms with E-state index in [2.05, 4.69) is 26.8 Å². The van der Waals surface area contributed by atoms with Crippen LogP contribution in [0.3, 0.4) is 0 Å². The Morgan fingerprint density at radius 1 is 1.06 bits per heavy atom. The molecule has 11 nitrogen and oxygen atoms in total. The first-order chi connectivity index (χ1) is 17.4. The summed E-state index contributed by atoms with van der Waals surface area (Å²) in [6.07, 6.45) is 1.48. The van der Waals surface area contributed by atoms with Crippen LogP contribution in [0, 0.1) is 0 Å². The van der Waals surface area contributed by atoms with Crippen LogP contribution in [-0.4, -0.2) is 35.8 Å². The van der Waals surface area contributed by atoms with Crippen molar-refractivity contribution >= 4 is 47.1 Å². The smallest absolute Gasteiger partial charge is 0.335 e. The highest BCUT2D eigenvalue weighted by atomic mass is 35.5. The molecule has 1 aliphatic rings. The summed E-state index contributed by atoms with van der Waals surface area (Å²) in [6, 6.07) is 18.3. The lowest BCUT2D eigenvalue weighted by Gasteiger charge is -2.21. The van der Waals surface area contributed by atoms with Crippen molar-refractivity contribution in [2.24, 2.45) is 5.10 Å². The van der Waals surface area contributed by atoms with Gasteiger partial charge in [0.25, 0.3) is 11.8 Å². The third-order valence-electron chi connectivity index (χ3n) is 5.05. The van der Waals surface area contributed by atoms with Crippen molar-refractivity contribution in [3.8, 4) is 5.75 Å². The van der Waals surface area contributed by atoms with Gasteiger partial charge in [0, 0.05) is 16.8 Å². The maximum absolute atomic E-state index is 13.1. The van der Waals surface area contributed by atoms with Crippen LogP contribution in [0.5, 0.6) is 5.75 Å². The average Bonchev–Trinajstić information content (AvgIpc) is 3.41. The highest BCUT2D eigenvalue weighted by Gasteiger charge is 2.24. The van der Waals surface area contributed by atoms with Crippen LogP contribution < -0.4 is 31.4 Å². The highest BCUT2D eigenvalue weighted by Crippen LogP contribution is 2.30. The average molecular weight is 509 g/mol. The minimum Gasteiger partial charge on any atom is -0.481 e. The first-order valence-corrected chi connectivity index (χ1v) is 11.0. The quantitative estimate of drug-likeness (QED) is 0.297. The van der Waals surface area contributed by atoms with Crippen LogP contribution in [0.1, 0.15) is 22.0 Å². The maximum atomic E-state index is 13.1. The van der Waals surface area contributed by atoms with E-state index < -0.39 is 30.4 Å². The fourth-order valence-corrected chi connectivity index (χ4v) is 3.49. The van der Waals surface area contributed by atoms with Crippen molar-refractivity contribution in [2.75, 3.05) is 16.9 Å². The van der Waals surface area contributed by atoms with Crippen molar-refractivity contribution in [1.29, 1.82) is 0 Å². The number of hydrazone groups is 1. The SMILES string of the molecule is O=C(COc1cc(Cl)ccc1N1C=NNN1)N[C@H](C(=O)Nc1ccc(C(=O)O)cc1)c1ccccc1. The Labute approximate surface area is 210 Å². The number of nitrogens with one attached hydrogen (secondary N) is 4. The third-order valence-corrected chi connectivity index (χ3v) is 5.28. The van der Waals surface area contributed by atoms with Gasteiger partial charge in [0.05, 0.1) is 5.56 Å². The van der Waals surface area contributed by atoms with Gasteiger partial charge >= 0.3 is 5.97 Å². The second kappa shape index (κ2) is 11.2. The van der Waals surface area contributed by atoms with Gasteiger partial charge in [-0.3, -0.25) is 9.59 Å². The number of carbonyl (C=O) groups is 3. The zero-order valence-corrected chi connectivity index (χ0v) is 19.4. The Morgan fingerprint density at radius 2 is 1.81 bits per heavy atom. The number of anilines is 2. The van der Waals surface area contributed by atoms with Gasteiger partial charge in [-0.15, -0.1) is 5.53 Å². The first kappa shape index (κ1) is 24.5. The molecule has 1 aliphatic heterocycles. The number of hydrazine groups is 2. The fraction of sp³-hybridized carbons (Fsp3) is 0.0833. The van der Waals surface area contributed by atoms with Crippen LogP contribution in [0.4, 0.5) is 11.4 Å². The molecule has 3 aromatic carbocycles. The number of carboxylic acids is 1. The molecule has 0 spiro atoms. The highest BCUT2D eigenvalue weighted by molar-refractivity contribution is 6.30. The number of carboxylic acid groups (broad SMARTS) is 1. The molecule has 0 aliphatic carbocycles. The Kier molecular flexibility index (Phi) is 7.63. The molecular formula is C24H21ClN6O5. The van der Waals surface area contributed by atoms with E-state index in [0.29, 0.717) is 27.7 Å². The topological polar surface area (TPSA) is 144 Å². The number of hydrogen-bond acceptors (Lipinski definition) is 8. The summed E-state index contributed by atoms with van der Waals surface area (Å²) in [5.74, 6) is -1.81. The fourth-order valence-electron chi connectivity index (χ4n) is 3.33. The van der Waals surface area contributed by atoms with Crippen LogP contribution in [0.15, 0.2) is 77.9 Å². The normalized spacial score (nSPS) is 13.0. The Bertz CT molecular complexity index is 1290. The van der Waals surface area contributed by atoms with Crippen molar-refractivity contribution in [1.82, 2.24) is 16.4 Å². The number of halogens is 1. The van der Waals surface area contributed by atoms with Gasteiger partial charge < -0.3 is 20.5 Å². The molecule has 0 unspecified atom stereocenters. The van der Waals surface area contributed by atoms with Gasteiger partial charge in [-0.2, -0.15) is 5.10 Å². The number of rotatable bonds is 9. The van der Waals surface area contributed by atoms with Gasteiger partial charge in [0.1, 0.15) is 23.8 Å². The van der Waals surface area contributed by atoms with E-state index in [0.717, 1.165) is 0 Å². The van der Waals surface area contributed by atoms with E-state index in [9.17, 15) is 14.4 Å². The molecule has 36 heavy (non-hydrogen) atoms. The van der Waals surface area contributed by atoms with E-state index in [1.165, 1.54) is 30.6 Å². The Balaban J connectivity index is 1.46. The lowest BCUT2D eigenvalue weighted by molar-refractivity contribution is -0.128. The lowest BCUT2D eigenvalue weighted by Crippen LogP contribution is -2.39. The number of hydrogen-bond donors (Lipinski definition) is 5. The van der Waals surface area contributed by atoms with Crippen molar-refractivity contribution in [2.45, 2.75) is 6.04 Å². The van der Waals surface area contributed by atoms with Crippen molar-refractivity contribution in [3.63, 3.8) is 0 Å². The van der Waals surface area contributed by atoms with Crippen molar-refractivity contribution in [3.05, 3.63) is 88.9 Å². The minimum absolute atomic E-state index is 0.0876. The van der Waals surface area contributed by atoms with Crippen LogP contribution >= 0.6 is 11.6 Å². The second-order valence-corrected chi connectivity index (χ2v) is 7.96. The molecule has 5 N–H and O–H groups in total. The largest absolute Gasteiger partial charge is 0.481 e. The van der Waals surface area contributed by atoms with Gasteiger partial charge in [-0.05, 0) is 42.0 Å². The zero-order valence-electron chi connectivity index (χ0n) is 18.6. The van der Waals surface area contributed by atoms with E-state index in [-0.39, 0.29) is 5.56 Å². The molecule has 184 valence electrons. The monoisotopic (exact) mass is 508 g/mol. The molecule has 0 bridgehead atoms. The summed E-state index contributed by atoms with van der Waals surface area (Å²) in [4.78, 5) is 36.9. The Morgan fingerprint density at radius 3 is 2.47 bits per heavy atom. The summed E-state index contributed by atoms with van der Waals surface area (Å²) in [6.45, 7) is -0.393. The second-order valence-electron chi connectivity index (χ2n) is 7.52. The van der Waals surface area contributed by atoms with E-state index in [1.807, 2.05) is 0 Å². The summed E-state index contributed by atoms with van der Waals surface area (Å²) < 4.78 is 5.71. The number of carbonyl (C=O) groups excluding carboxylic acids is 2. The van der Waals surface area contributed by atoms with Crippen molar-refractivity contribution < 1.29 is 24.2 Å². The number of benzene rings is 3. The van der Waals surface area contributed by atoms with Gasteiger partial charge in [0.2, 0.25) is 0 Å². The molecule has 12 heteroatoms. The molecular weight excluding hydrogens is 488 g/mol. The number of amides is 2. The van der Waals surface area contributed by atoms with E-state index in [1.54, 1.807) is 53.5 Å². The molecule has 1 heterocycles. The predicted molar refractivity (Wildman–Crippen MR) is 134 cm³/mol. The third kappa shape index (κ3) is 6.09. The predicted octanol–water partition coefficient (Wildman–Crippen LogP) is 2.69. The lowest BCUT2D eigenvalue weighted by atomic mass is 10.1. The van der Waals surface area contributed by atoms with E-state index >= 15 is 0 Å². The molecule has 2 amide bonds. The molecule has 0 fully saturated rings. The van der Waals surface area contributed by atoms with Gasteiger partial charge in [-0.1, -0.05) is 41.9 Å². The molecule has 0 saturated heterocycles. The molecule has 0 saturated carbocycles. The summed E-state index contributed by atoms with van der Waals surface area (Å²) in [7, 11) is 0. The van der Waals surface area contributed by atoms with Crippen LogP contribution in [0.2, 0.25) is 5.02 Å². The summed E-state index contributed by atoms with van der Waals surface area (Å²) in [5.41, 5.74) is 6.92. The van der Waals surface area contributed by atoms with Crippen LogP contribution in [-0.2, 0) is 9.59 Å². The Hall–Kier alpha value is -4.61. The molecule has 0 radical (unpaired) electrons. The minimum atomic E-state index is -1.07. The molecule has 4 rings (SSSR count). The van der Waals surface area contributed by atoms with E-state index in [4.69, 9.17) is 21.4 Å². The first-order valence-electron chi connectivity index (χ1n) is 10.6. The zero-order chi connectivity index (χ0) is 25.5. The standard InChI is InChI=1S/C24H21ClN6O5/c25-17-8-11-19(31-14-26-29-30-31)20(12-17)36-13-21(32)28-22(15-4-2-1-3-5-15)23(33)27-18-9-6-16(7-10-18)24(34)35/h1-12,14,22,29-30H,13H2,(H,27,33)(H,28,32)(H,34,35)/t22-/m0/s1. The summed E-state index contributed by atoms with van der Waals surface area (Å²) >= 11 is 6.09. The van der Waals surface area contributed by atoms with Crippen LogP contribution in [0.25, 0.3) is 0 Å². The number of ether oxygens (including phenoxy) is 1. The number of nitrogens with zero attached hydrogens (tertiary/aromatic N) is 2. The maximum Gasteiger partial charge on any atom is 0.335 e. The summed E-state index contributed by atoms with van der Waals surface area (Å²) in [5, 5.41) is 20.2. The molecule has 0 aromatic heterocycles. The van der Waals surface area contributed by atoms with Gasteiger partial charge in [-0.25, -0.2) is 15.3 Å². The van der Waals surface area contributed by atoms with Gasteiger partial charge in [0.15, 0.2) is 6.61 Å². The number of aromatic carboxylic acids is 1.